The molecule has 110 valence electrons. The number of likely N-dealkylation sites (tertiary alicyclic amines) is 1. The van der Waals surface area contributed by atoms with Crippen LogP contribution in [-0.4, -0.2) is 54.0 Å². The summed E-state index contributed by atoms with van der Waals surface area (Å²) >= 11 is 2.07. The number of carbonyl (C=O) groups excluding carboxylic acids is 1. The number of amides is 1. The minimum Gasteiger partial charge on any atom is -0.369 e. The van der Waals surface area contributed by atoms with E-state index in [0.29, 0.717) is 24.0 Å². The van der Waals surface area contributed by atoms with Gasteiger partial charge in [0.1, 0.15) is 0 Å². The first-order chi connectivity index (χ1) is 8.97. The van der Waals surface area contributed by atoms with Crippen LogP contribution in [0.3, 0.4) is 0 Å². The van der Waals surface area contributed by atoms with Crippen molar-refractivity contribution in [2.75, 3.05) is 31.1 Å². The number of hydrogen-bond acceptors (Lipinski definition) is 4. The van der Waals surface area contributed by atoms with Gasteiger partial charge in [-0.25, -0.2) is 0 Å². The first-order valence-corrected chi connectivity index (χ1v) is 8.47. The summed E-state index contributed by atoms with van der Waals surface area (Å²) in [6.07, 6.45) is 3.56. The van der Waals surface area contributed by atoms with Crippen LogP contribution >= 0.6 is 11.8 Å². The van der Waals surface area contributed by atoms with Gasteiger partial charge in [0.05, 0.1) is 6.54 Å². The van der Waals surface area contributed by atoms with E-state index < -0.39 is 0 Å². The molecule has 1 atom stereocenters. The van der Waals surface area contributed by atoms with Crippen molar-refractivity contribution in [2.45, 2.75) is 45.2 Å². The summed E-state index contributed by atoms with van der Waals surface area (Å²) in [5.41, 5.74) is 5.66. The summed E-state index contributed by atoms with van der Waals surface area (Å²) < 4.78 is 0. The summed E-state index contributed by atoms with van der Waals surface area (Å²) in [7, 11) is 0. The van der Waals surface area contributed by atoms with Crippen molar-refractivity contribution in [3.63, 3.8) is 0 Å². The zero-order valence-corrected chi connectivity index (χ0v) is 13.0. The number of nitrogens with one attached hydrogen (secondary N) is 1. The molecule has 4 nitrogen and oxygen atoms in total. The molecule has 0 aliphatic carbocycles. The Balaban J connectivity index is 1.77. The number of hydrogen-bond donors (Lipinski definition) is 2. The van der Waals surface area contributed by atoms with E-state index >= 15 is 0 Å². The maximum absolute atomic E-state index is 10.9. The fourth-order valence-corrected chi connectivity index (χ4v) is 4.59. The summed E-state index contributed by atoms with van der Waals surface area (Å²) in [5, 5.41) is 3.86. The molecule has 0 spiro atoms. The second kappa shape index (κ2) is 6.46. The quantitative estimate of drug-likeness (QED) is 0.811. The molecule has 0 aromatic carbocycles. The molecule has 0 saturated carbocycles. The van der Waals surface area contributed by atoms with Gasteiger partial charge in [0, 0.05) is 30.9 Å². The third-order valence-electron chi connectivity index (χ3n) is 4.52. The Labute approximate surface area is 120 Å². The first kappa shape index (κ1) is 15.1. The Bertz CT molecular complexity index is 314. The van der Waals surface area contributed by atoms with Crippen LogP contribution in [0, 0.1) is 5.41 Å². The lowest BCUT2D eigenvalue weighted by Gasteiger charge is -2.42. The van der Waals surface area contributed by atoms with Gasteiger partial charge >= 0.3 is 0 Å². The molecular formula is C14H27N3OS. The highest BCUT2D eigenvalue weighted by Gasteiger charge is 2.34. The number of nitrogens with two attached hydrogens (primary N) is 1. The van der Waals surface area contributed by atoms with Crippen molar-refractivity contribution in [3.05, 3.63) is 0 Å². The molecule has 2 aliphatic heterocycles. The van der Waals surface area contributed by atoms with Crippen LogP contribution in [0.2, 0.25) is 0 Å². The number of thioether (sulfide) groups is 1. The van der Waals surface area contributed by atoms with Crippen molar-refractivity contribution in [1.29, 1.82) is 0 Å². The number of carbonyl (C=O) groups is 1. The lowest BCUT2D eigenvalue weighted by molar-refractivity contribution is -0.119. The Morgan fingerprint density at radius 3 is 2.68 bits per heavy atom. The van der Waals surface area contributed by atoms with Crippen molar-refractivity contribution in [1.82, 2.24) is 10.2 Å². The molecule has 0 aromatic rings. The average molecular weight is 285 g/mol. The second-order valence-electron chi connectivity index (χ2n) is 6.55. The maximum atomic E-state index is 10.9. The normalized spacial score (nSPS) is 29.3. The Hall–Kier alpha value is -0.260. The predicted molar refractivity (Wildman–Crippen MR) is 81.3 cm³/mol. The molecule has 19 heavy (non-hydrogen) atoms. The third-order valence-corrected chi connectivity index (χ3v) is 5.58. The fourth-order valence-electron chi connectivity index (χ4n) is 2.97. The van der Waals surface area contributed by atoms with E-state index in [0.717, 1.165) is 25.9 Å². The van der Waals surface area contributed by atoms with Gasteiger partial charge in [-0.3, -0.25) is 9.69 Å². The van der Waals surface area contributed by atoms with Crippen molar-refractivity contribution < 1.29 is 4.79 Å². The van der Waals surface area contributed by atoms with Gasteiger partial charge in [-0.15, -0.1) is 0 Å². The predicted octanol–water partition coefficient (Wildman–Crippen LogP) is 1.06. The highest BCUT2D eigenvalue weighted by molar-refractivity contribution is 7.99. The number of rotatable bonds is 4. The maximum Gasteiger partial charge on any atom is 0.231 e. The highest BCUT2D eigenvalue weighted by Crippen LogP contribution is 2.34. The van der Waals surface area contributed by atoms with E-state index in [1.165, 1.54) is 17.9 Å². The van der Waals surface area contributed by atoms with Gasteiger partial charge in [-0.2, -0.15) is 11.8 Å². The van der Waals surface area contributed by atoms with Crippen LogP contribution in [0.4, 0.5) is 0 Å². The zero-order valence-electron chi connectivity index (χ0n) is 12.2. The van der Waals surface area contributed by atoms with E-state index in [2.05, 4.69) is 35.8 Å². The van der Waals surface area contributed by atoms with Crippen LogP contribution in [0.25, 0.3) is 0 Å². The van der Waals surface area contributed by atoms with E-state index in [1.807, 2.05) is 0 Å². The standard InChI is InChI=1S/C14H27N3OS/c1-14(2)5-8-19-10-12(14)16-11-3-6-17(7-4-11)9-13(15)18/h11-12,16H,3-10H2,1-2H3,(H2,15,18). The molecule has 1 amide bonds. The summed E-state index contributed by atoms with van der Waals surface area (Å²) in [5.74, 6) is 2.31. The van der Waals surface area contributed by atoms with Gasteiger partial charge in [0.15, 0.2) is 0 Å². The molecule has 2 fully saturated rings. The molecule has 3 N–H and O–H groups in total. The molecule has 2 rings (SSSR count). The van der Waals surface area contributed by atoms with Crippen LogP contribution in [0.5, 0.6) is 0 Å². The lowest BCUT2D eigenvalue weighted by atomic mass is 9.81. The second-order valence-corrected chi connectivity index (χ2v) is 7.70. The minimum atomic E-state index is -0.212. The van der Waals surface area contributed by atoms with Gasteiger partial charge in [0.25, 0.3) is 0 Å². The van der Waals surface area contributed by atoms with Gasteiger partial charge in [0.2, 0.25) is 5.91 Å². The molecule has 1 unspecified atom stereocenters. The van der Waals surface area contributed by atoms with Crippen molar-refractivity contribution in [2.24, 2.45) is 11.1 Å². The van der Waals surface area contributed by atoms with Gasteiger partial charge < -0.3 is 11.1 Å². The van der Waals surface area contributed by atoms with Crippen LogP contribution in [-0.2, 0) is 4.79 Å². The number of nitrogens with zero attached hydrogens (tertiary/aromatic N) is 1. The smallest absolute Gasteiger partial charge is 0.231 e. The Kier molecular flexibility index (Phi) is 5.15. The van der Waals surface area contributed by atoms with E-state index in [-0.39, 0.29) is 5.91 Å². The Morgan fingerprint density at radius 1 is 1.42 bits per heavy atom. The fraction of sp³-hybridized carbons (Fsp3) is 0.929. The molecule has 5 heteroatoms. The molecular weight excluding hydrogens is 258 g/mol. The van der Waals surface area contributed by atoms with E-state index in [4.69, 9.17) is 5.73 Å². The highest BCUT2D eigenvalue weighted by atomic mass is 32.2. The van der Waals surface area contributed by atoms with E-state index in [9.17, 15) is 4.79 Å². The SMILES string of the molecule is CC1(C)CCSCC1NC1CCN(CC(N)=O)CC1. The van der Waals surface area contributed by atoms with Crippen LogP contribution in [0.1, 0.15) is 33.1 Å². The Morgan fingerprint density at radius 2 is 2.11 bits per heavy atom. The minimum absolute atomic E-state index is 0.212. The summed E-state index contributed by atoms with van der Waals surface area (Å²) in [6.45, 7) is 7.15. The van der Waals surface area contributed by atoms with Crippen LogP contribution in [0.15, 0.2) is 0 Å². The molecule has 2 heterocycles. The average Bonchev–Trinajstić information content (AvgIpc) is 2.33. The third kappa shape index (κ3) is 4.36. The monoisotopic (exact) mass is 285 g/mol. The van der Waals surface area contributed by atoms with Crippen molar-refractivity contribution in [3.8, 4) is 0 Å². The topological polar surface area (TPSA) is 58.4 Å². The largest absolute Gasteiger partial charge is 0.369 e. The molecule has 0 bridgehead atoms. The molecule has 2 aliphatic rings. The molecule has 0 aromatic heterocycles. The van der Waals surface area contributed by atoms with Gasteiger partial charge in [-0.05, 0) is 30.4 Å². The molecule has 0 radical (unpaired) electrons. The van der Waals surface area contributed by atoms with Crippen LogP contribution < -0.4 is 11.1 Å². The zero-order chi connectivity index (χ0) is 13.9. The summed E-state index contributed by atoms with van der Waals surface area (Å²) in [6, 6.07) is 1.23. The van der Waals surface area contributed by atoms with Crippen molar-refractivity contribution >= 4 is 17.7 Å². The van der Waals surface area contributed by atoms with Gasteiger partial charge in [-0.1, -0.05) is 13.8 Å². The van der Waals surface area contributed by atoms with E-state index in [1.54, 1.807) is 0 Å². The number of primary amides is 1. The lowest BCUT2D eigenvalue weighted by Crippen LogP contribution is -2.53. The number of piperidine rings is 1. The summed E-state index contributed by atoms with van der Waals surface area (Å²) in [4.78, 5) is 13.1. The first-order valence-electron chi connectivity index (χ1n) is 7.32. The molecule has 2 saturated heterocycles.